The Bertz CT molecular complexity index is 1070. The SMILES string of the molecule is Cc1oc2ccc(C3CC3c3ccccn3)cc2c1C(=O)NC(C)(CO)CC(F)F. The molecule has 5 nitrogen and oxygen atoms in total. The van der Waals surface area contributed by atoms with Crippen LogP contribution in [0.5, 0.6) is 0 Å². The lowest BCUT2D eigenvalue weighted by Crippen LogP contribution is -2.50. The predicted octanol–water partition coefficient (Wildman–Crippen LogP) is 4.54. The molecular weight excluding hydrogens is 390 g/mol. The van der Waals surface area contributed by atoms with Gasteiger partial charge in [-0.25, -0.2) is 8.78 Å². The van der Waals surface area contributed by atoms with Gasteiger partial charge in [-0.1, -0.05) is 12.1 Å². The van der Waals surface area contributed by atoms with E-state index < -0.39 is 30.9 Å². The molecule has 0 spiro atoms. The zero-order chi connectivity index (χ0) is 21.5. The van der Waals surface area contributed by atoms with Gasteiger partial charge < -0.3 is 14.8 Å². The quantitative estimate of drug-likeness (QED) is 0.595. The van der Waals surface area contributed by atoms with Crippen LogP contribution in [0, 0.1) is 6.92 Å². The van der Waals surface area contributed by atoms with Gasteiger partial charge in [-0.3, -0.25) is 9.78 Å². The molecule has 2 N–H and O–H groups in total. The van der Waals surface area contributed by atoms with Crippen molar-refractivity contribution in [1.29, 1.82) is 0 Å². The molecule has 3 unspecified atom stereocenters. The summed E-state index contributed by atoms with van der Waals surface area (Å²) in [6, 6.07) is 11.7. The summed E-state index contributed by atoms with van der Waals surface area (Å²) in [4.78, 5) is 17.4. The fourth-order valence-electron chi connectivity index (χ4n) is 4.07. The molecule has 3 atom stereocenters. The highest BCUT2D eigenvalue weighted by atomic mass is 19.3. The fraction of sp³-hybridized carbons (Fsp3) is 0.391. The van der Waals surface area contributed by atoms with Crippen LogP contribution in [-0.4, -0.2) is 34.6 Å². The number of pyridine rings is 1. The van der Waals surface area contributed by atoms with Gasteiger partial charge in [-0.2, -0.15) is 0 Å². The molecule has 1 aromatic carbocycles. The number of carbonyl (C=O) groups is 1. The zero-order valence-corrected chi connectivity index (χ0v) is 16.9. The highest BCUT2D eigenvalue weighted by Crippen LogP contribution is 2.54. The van der Waals surface area contributed by atoms with E-state index in [9.17, 15) is 18.7 Å². The number of rotatable bonds is 7. The normalized spacial score (nSPS) is 20.3. The number of hydrogen-bond acceptors (Lipinski definition) is 4. The molecule has 1 aliphatic rings. The molecule has 1 fully saturated rings. The van der Waals surface area contributed by atoms with Gasteiger partial charge in [0.1, 0.15) is 11.3 Å². The summed E-state index contributed by atoms with van der Waals surface area (Å²) in [5.74, 6) is 0.543. The second-order valence-corrected chi connectivity index (χ2v) is 8.26. The number of nitrogens with zero attached hydrogens (tertiary/aromatic N) is 1. The summed E-state index contributed by atoms with van der Waals surface area (Å²) in [5.41, 5.74) is 1.60. The van der Waals surface area contributed by atoms with E-state index >= 15 is 0 Å². The molecule has 0 bridgehead atoms. The number of nitrogens with one attached hydrogen (secondary N) is 1. The molecule has 1 amide bonds. The number of fused-ring (bicyclic) bond motifs is 1. The van der Waals surface area contributed by atoms with E-state index in [2.05, 4.69) is 10.3 Å². The topological polar surface area (TPSA) is 75.4 Å². The number of alkyl halides is 2. The number of aliphatic hydroxyl groups excluding tert-OH is 1. The van der Waals surface area contributed by atoms with E-state index in [-0.39, 0.29) is 0 Å². The Balaban J connectivity index is 1.62. The van der Waals surface area contributed by atoms with Crippen LogP contribution >= 0.6 is 0 Å². The molecule has 0 radical (unpaired) electrons. The van der Waals surface area contributed by atoms with Crippen LogP contribution < -0.4 is 5.32 Å². The van der Waals surface area contributed by atoms with Crippen molar-refractivity contribution in [2.24, 2.45) is 0 Å². The number of benzene rings is 1. The standard InChI is InChI=1S/C23H24F2N2O3/c1-13-21(22(29)27-23(2,12-28)11-20(24)25)17-9-14(6-7-19(17)30-13)15-10-16(15)18-5-3-4-8-26-18/h3-9,15-16,20,28H,10-12H2,1-2H3,(H,27,29). The van der Waals surface area contributed by atoms with E-state index in [1.54, 1.807) is 13.1 Å². The Morgan fingerprint density at radius 3 is 2.80 bits per heavy atom. The minimum Gasteiger partial charge on any atom is -0.461 e. The van der Waals surface area contributed by atoms with E-state index in [0.717, 1.165) is 17.7 Å². The maximum absolute atomic E-state index is 12.9. The lowest BCUT2D eigenvalue weighted by Gasteiger charge is -2.28. The Morgan fingerprint density at radius 2 is 2.13 bits per heavy atom. The Labute approximate surface area is 173 Å². The molecular formula is C23H24F2N2O3. The maximum atomic E-state index is 12.9. The predicted molar refractivity (Wildman–Crippen MR) is 109 cm³/mol. The van der Waals surface area contributed by atoms with Gasteiger partial charge in [-0.15, -0.1) is 0 Å². The van der Waals surface area contributed by atoms with Gasteiger partial charge in [-0.05, 0) is 56.0 Å². The second kappa shape index (κ2) is 7.80. The minimum atomic E-state index is -2.64. The van der Waals surface area contributed by atoms with Crippen molar-refractivity contribution in [2.75, 3.05) is 6.61 Å². The van der Waals surface area contributed by atoms with Crippen molar-refractivity contribution >= 4 is 16.9 Å². The van der Waals surface area contributed by atoms with Crippen molar-refractivity contribution in [3.05, 3.63) is 65.2 Å². The summed E-state index contributed by atoms with van der Waals surface area (Å²) >= 11 is 0. The van der Waals surface area contributed by atoms with Gasteiger partial charge >= 0.3 is 0 Å². The van der Waals surface area contributed by atoms with E-state index in [0.29, 0.717) is 34.1 Å². The highest BCUT2D eigenvalue weighted by molar-refractivity contribution is 6.07. The van der Waals surface area contributed by atoms with Gasteiger partial charge in [0, 0.05) is 29.6 Å². The smallest absolute Gasteiger partial charge is 0.255 e. The maximum Gasteiger partial charge on any atom is 0.255 e. The third kappa shape index (κ3) is 3.94. The third-order valence-electron chi connectivity index (χ3n) is 5.77. The summed E-state index contributed by atoms with van der Waals surface area (Å²) in [5, 5.41) is 12.8. The van der Waals surface area contributed by atoms with Crippen LogP contribution in [0.25, 0.3) is 11.0 Å². The van der Waals surface area contributed by atoms with E-state index in [4.69, 9.17) is 4.42 Å². The average Bonchev–Trinajstić information content (AvgIpc) is 3.43. The van der Waals surface area contributed by atoms with Crippen molar-refractivity contribution in [1.82, 2.24) is 10.3 Å². The number of hydrogen-bond donors (Lipinski definition) is 2. The highest BCUT2D eigenvalue weighted by Gasteiger charge is 2.41. The van der Waals surface area contributed by atoms with Crippen LogP contribution in [0.4, 0.5) is 8.78 Å². The van der Waals surface area contributed by atoms with Crippen molar-refractivity contribution in [3.63, 3.8) is 0 Å². The van der Waals surface area contributed by atoms with Crippen molar-refractivity contribution < 1.29 is 23.1 Å². The van der Waals surface area contributed by atoms with Crippen LogP contribution in [0.1, 0.15) is 59.0 Å². The molecule has 1 saturated carbocycles. The third-order valence-corrected chi connectivity index (χ3v) is 5.77. The largest absolute Gasteiger partial charge is 0.461 e. The first-order valence-corrected chi connectivity index (χ1v) is 9.97. The average molecular weight is 414 g/mol. The molecule has 158 valence electrons. The molecule has 1 aliphatic carbocycles. The summed E-state index contributed by atoms with van der Waals surface area (Å²) < 4.78 is 31.5. The second-order valence-electron chi connectivity index (χ2n) is 8.26. The molecule has 0 aliphatic heterocycles. The fourth-order valence-corrected chi connectivity index (χ4v) is 4.07. The molecule has 30 heavy (non-hydrogen) atoms. The number of amides is 1. The Kier molecular flexibility index (Phi) is 5.32. The molecule has 2 aromatic heterocycles. The zero-order valence-electron chi connectivity index (χ0n) is 16.9. The van der Waals surface area contributed by atoms with E-state index in [1.807, 2.05) is 36.4 Å². The number of halogens is 2. The summed E-state index contributed by atoms with van der Waals surface area (Å²) in [7, 11) is 0. The lowest BCUT2D eigenvalue weighted by atomic mass is 9.97. The van der Waals surface area contributed by atoms with Crippen molar-refractivity contribution in [3.8, 4) is 0 Å². The first-order chi connectivity index (χ1) is 14.3. The minimum absolute atomic E-state index is 0.316. The number of aliphatic hydroxyl groups is 1. The summed E-state index contributed by atoms with van der Waals surface area (Å²) in [6.45, 7) is 2.49. The number of furan rings is 1. The number of aromatic nitrogens is 1. The number of aryl methyl sites for hydroxylation is 1. The van der Waals surface area contributed by atoms with Gasteiger partial charge in [0.2, 0.25) is 6.43 Å². The van der Waals surface area contributed by atoms with Crippen LogP contribution in [0.3, 0.4) is 0 Å². The van der Waals surface area contributed by atoms with Gasteiger partial charge in [0.25, 0.3) is 5.91 Å². The van der Waals surface area contributed by atoms with Crippen LogP contribution in [0.2, 0.25) is 0 Å². The van der Waals surface area contributed by atoms with Crippen LogP contribution in [-0.2, 0) is 0 Å². The molecule has 3 aromatic rings. The lowest BCUT2D eigenvalue weighted by molar-refractivity contribution is 0.0586. The molecule has 4 rings (SSSR count). The molecule has 0 saturated heterocycles. The monoisotopic (exact) mass is 414 g/mol. The van der Waals surface area contributed by atoms with Gasteiger partial charge in [0.15, 0.2) is 0 Å². The number of carbonyl (C=O) groups excluding carboxylic acids is 1. The Morgan fingerprint density at radius 1 is 1.33 bits per heavy atom. The summed E-state index contributed by atoms with van der Waals surface area (Å²) in [6.07, 6.45) is -0.511. The van der Waals surface area contributed by atoms with E-state index in [1.165, 1.54) is 6.92 Å². The van der Waals surface area contributed by atoms with Crippen molar-refractivity contribution in [2.45, 2.75) is 50.5 Å². The molecule has 7 heteroatoms. The van der Waals surface area contributed by atoms with Gasteiger partial charge in [0.05, 0.1) is 17.7 Å². The first kappa shape index (κ1) is 20.5. The molecule has 2 heterocycles. The van der Waals surface area contributed by atoms with Crippen LogP contribution in [0.15, 0.2) is 47.0 Å². The first-order valence-electron chi connectivity index (χ1n) is 9.97. The Hall–Kier alpha value is -2.80.